The standard InChI is InChI=1S/C17H20N4O2S/c1-11-9-23-10-12(2)21(11)17-19-20-8-15(18-16(20)24-17)13-4-6-14(22-3)7-5-13/h4-8,11-12H,9-10H2,1-3H3/t11-,12-/m0/s1. The van der Waals surface area contributed by atoms with Gasteiger partial charge < -0.3 is 14.4 Å². The van der Waals surface area contributed by atoms with Crippen LogP contribution < -0.4 is 9.64 Å². The smallest absolute Gasteiger partial charge is 0.214 e. The molecule has 1 aromatic carbocycles. The zero-order valence-electron chi connectivity index (χ0n) is 14.0. The number of aromatic nitrogens is 3. The minimum Gasteiger partial charge on any atom is -0.497 e. The lowest BCUT2D eigenvalue weighted by atomic mass is 10.2. The monoisotopic (exact) mass is 344 g/mol. The zero-order chi connectivity index (χ0) is 16.7. The Labute approximate surface area is 144 Å². The number of nitrogens with zero attached hydrogens (tertiary/aromatic N) is 4. The Bertz CT molecular complexity index is 801. The van der Waals surface area contributed by atoms with Crippen molar-refractivity contribution >= 4 is 21.4 Å². The molecule has 3 heterocycles. The molecule has 1 saturated heterocycles. The van der Waals surface area contributed by atoms with Crippen molar-refractivity contribution in [3.8, 4) is 17.0 Å². The fourth-order valence-corrected chi connectivity index (χ4v) is 4.16. The van der Waals surface area contributed by atoms with Crippen LogP contribution in [0.3, 0.4) is 0 Å². The number of fused-ring (bicyclic) bond motifs is 1. The number of benzene rings is 1. The predicted octanol–water partition coefficient (Wildman–Crippen LogP) is 3.08. The van der Waals surface area contributed by atoms with Crippen molar-refractivity contribution in [1.82, 2.24) is 14.6 Å². The van der Waals surface area contributed by atoms with Gasteiger partial charge in [0, 0.05) is 5.56 Å². The van der Waals surface area contributed by atoms with Crippen LogP contribution in [-0.4, -0.2) is 47.0 Å². The molecule has 24 heavy (non-hydrogen) atoms. The maximum atomic E-state index is 5.60. The third-order valence-corrected chi connectivity index (χ3v) is 5.24. The second-order valence-electron chi connectivity index (χ2n) is 6.11. The highest BCUT2D eigenvalue weighted by Gasteiger charge is 2.28. The minimum absolute atomic E-state index is 0.325. The van der Waals surface area contributed by atoms with E-state index in [1.807, 2.05) is 35.0 Å². The van der Waals surface area contributed by atoms with Crippen molar-refractivity contribution in [3.05, 3.63) is 30.5 Å². The highest BCUT2D eigenvalue weighted by atomic mass is 32.1. The van der Waals surface area contributed by atoms with Gasteiger partial charge in [-0.25, -0.2) is 9.50 Å². The Balaban J connectivity index is 1.64. The summed E-state index contributed by atoms with van der Waals surface area (Å²) >= 11 is 1.62. The van der Waals surface area contributed by atoms with E-state index in [4.69, 9.17) is 19.6 Å². The molecule has 0 aliphatic carbocycles. The topological polar surface area (TPSA) is 51.9 Å². The predicted molar refractivity (Wildman–Crippen MR) is 95.1 cm³/mol. The summed E-state index contributed by atoms with van der Waals surface area (Å²) in [7, 11) is 1.67. The van der Waals surface area contributed by atoms with Crippen molar-refractivity contribution in [1.29, 1.82) is 0 Å². The summed E-state index contributed by atoms with van der Waals surface area (Å²) in [6, 6.07) is 8.56. The molecule has 0 radical (unpaired) electrons. The van der Waals surface area contributed by atoms with E-state index in [9.17, 15) is 0 Å². The van der Waals surface area contributed by atoms with E-state index in [0.717, 1.165) is 40.3 Å². The summed E-state index contributed by atoms with van der Waals surface area (Å²) in [5.74, 6) is 0.843. The molecule has 0 spiro atoms. The SMILES string of the molecule is COc1ccc(-c2cn3nc(N4[C@@H](C)COC[C@@H]4C)sc3n2)cc1. The van der Waals surface area contributed by atoms with E-state index in [-0.39, 0.29) is 0 Å². The number of morpholine rings is 1. The summed E-state index contributed by atoms with van der Waals surface area (Å²) in [5.41, 5.74) is 1.98. The lowest BCUT2D eigenvalue weighted by molar-refractivity contribution is 0.0755. The fraction of sp³-hybridized carbons (Fsp3) is 0.412. The molecule has 0 bridgehead atoms. The summed E-state index contributed by atoms with van der Waals surface area (Å²) in [6.07, 6.45) is 1.98. The third kappa shape index (κ3) is 2.63. The van der Waals surface area contributed by atoms with Crippen molar-refractivity contribution in [3.63, 3.8) is 0 Å². The fourth-order valence-electron chi connectivity index (χ4n) is 3.08. The second kappa shape index (κ2) is 6.07. The van der Waals surface area contributed by atoms with Crippen LogP contribution in [0.4, 0.5) is 5.13 Å². The van der Waals surface area contributed by atoms with Gasteiger partial charge in [0.1, 0.15) is 5.75 Å². The number of hydrogen-bond donors (Lipinski definition) is 0. The highest BCUT2D eigenvalue weighted by Crippen LogP contribution is 2.30. The molecule has 2 aromatic heterocycles. The molecule has 0 saturated carbocycles. The summed E-state index contributed by atoms with van der Waals surface area (Å²) < 4.78 is 12.7. The molecule has 126 valence electrons. The van der Waals surface area contributed by atoms with Gasteiger partial charge in [-0.15, -0.1) is 5.10 Å². The van der Waals surface area contributed by atoms with E-state index in [0.29, 0.717) is 12.1 Å². The average Bonchev–Trinajstić information content (AvgIpc) is 3.14. The second-order valence-corrected chi connectivity index (χ2v) is 7.04. The summed E-state index contributed by atoms with van der Waals surface area (Å²) in [4.78, 5) is 7.96. The molecule has 2 atom stereocenters. The molecular weight excluding hydrogens is 324 g/mol. The van der Waals surface area contributed by atoms with Crippen molar-refractivity contribution < 1.29 is 9.47 Å². The Morgan fingerprint density at radius 2 is 1.88 bits per heavy atom. The summed E-state index contributed by atoms with van der Waals surface area (Å²) in [5, 5.41) is 5.74. The lowest BCUT2D eigenvalue weighted by Crippen LogP contribution is -2.49. The number of ether oxygens (including phenoxy) is 2. The first-order chi connectivity index (χ1) is 11.7. The molecule has 4 rings (SSSR count). The maximum Gasteiger partial charge on any atom is 0.214 e. The van der Waals surface area contributed by atoms with Gasteiger partial charge in [-0.1, -0.05) is 11.3 Å². The van der Waals surface area contributed by atoms with Crippen LogP contribution >= 0.6 is 11.3 Å². The first kappa shape index (κ1) is 15.4. The van der Waals surface area contributed by atoms with Gasteiger partial charge in [0.25, 0.3) is 0 Å². The molecule has 0 unspecified atom stereocenters. The molecule has 0 N–H and O–H groups in total. The van der Waals surface area contributed by atoms with E-state index in [2.05, 4.69) is 18.7 Å². The van der Waals surface area contributed by atoms with Crippen LogP contribution in [0.1, 0.15) is 13.8 Å². The number of rotatable bonds is 3. The van der Waals surface area contributed by atoms with Crippen LogP contribution in [0.15, 0.2) is 30.5 Å². The number of methoxy groups -OCH3 is 1. The first-order valence-corrected chi connectivity index (χ1v) is 8.84. The van der Waals surface area contributed by atoms with Crippen LogP contribution in [-0.2, 0) is 4.74 Å². The Morgan fingerprint density at radius 1 is 1.17 bits per heavy atom. The average molecular weight is 344 g/mol. The van der Waals surface area contributed by atoms with Gasteiger partial charge in [0.2, 0.25) is 10.1 Å². The third-order valence-electron chi connectivity index (χ3n) is 4.31. The van der Waals surface area contributed by atoms with E-state index in [1.54, 1.807) is 18.4 Å². The van der Waals surface area contributed by atoms with E-state index >= 15 is 0 Å². The molecular formula is C17H20N4O2S. The van der Waals surface area contributed by atoms with Gasteiger partial charge in [0.15, 0.2) is 0 Å². The van der Waals surface area contributed by atoms with Gasteiger partial charge in [-0.2, -0.15) is 0 Å². The Hall–Kier alpha value is -2.12. The normalized spacial score (nSPS) is 21.4. The van der Waals surface area contributed by atoms with Gasteiger partial charge in [0.05, 0.1) is 44.3 Å². The Morgan fingerprint density at radius 3 is 2.50 bits per heavy atom. The molecule has 7 heteroatoms. The Kier molecular flexibility index (Phi) is 3.90. The highest BCUT2D eigenvalue weighted by molar-refractivity contribution is 7.20. The number of anilines is 1. The zero-order valence-corrected chi connectivity index (χ0v) is 14.8. The quantitative estimate of drug-likeness (QED) is 0.731. The number of imidazole rings is 1. The van der Waals surface area contributed by atoms with Crippen molar-refractivity contribution in [2.24, 2.45) is 0 Å². The van der Waals surface area contributed by atoms with E-state index < -0.39 is 0 Å². The van der Waals surface area contributed by atoms with Crippen LogP contribution in [0.25, 0.3) is 16.2 Å². The maximum absolute atomic E-state index is 5.60. The number of hydrogen-bond acceptors (Lipinski definition) is 6. The molecule has 1 aliphatic rings. The van der Waals surface area contributed by atoms with Crippen molar-refractivity contribution in [2.45, 2.75) is 25.9 Å². The summed E-state index contributed by atoms with van der Waals surface area (Å²) in [6.45, 7) is 5.82. The molecule has 1 aliphatic heterocycles. The molecule has 6 nitrogen and oxygen atoms in total. The van der Waals surface area contributed by atoms with Crippen molar-refractivity contribution in [2.75, 3.05) is 25.2 Å². The van der Waals surface area contributed by atoms with Gasteiger partial charge >= 0.3 is 0 Å². The molecule has 1 fully saturated rings. The lowest BCUT2D eigenvalue weighted by Gasteiger charge is -2.38. The van der Waals surface area contributed by atoms with E-state index in [1.165, 1.54) is 0 Å². The van der Waals surface area contributed by atoms with Crippen LogP contribution in [0, 0.1) is 0 Å². The van der Waals surface area contributed by atoms with Crippen LogP contribution in [0.5, 0.6) is 5.75 Å². The van der Waals surface area contributed by atoms with Gasteiger partial charge in [-0.3, -0.25) is 0 Å². The largest absolute Gasteiger partial charge is 0.497 e. The van der Waals surface area contributed by atoms with Gasteiger partial charge in [-0.05, 0) is 38.1 Å². The first-order valence-electron chi connectivity index (χ1n) is 8.02. The minimum atomic E-state index is 0.325. The molecule has 0 amide bonds. The molecule has 3 aromatic rings. The van der Waals surface area contributed by atoms with Crippen LogP contribution in [0.2, 0.25) is 0 Å².